The summed E-state index contributed by atoms with van der Waals surface area (Å²) in [6.45, 7) is -0.393. The van der Waals surface area contributed by atoms with Crippen molar-refractivity contribution in [3.05, 3.63) is 64.5 Å². The highest BCUT2D eigenvalue weighted by Crippen LogP contribution is 2.25. The van der Waals surface area contributed by atoms with E-state index in [0.29, 0.717) is 0 Å². The lowest BCUT2D eigenvalue weighted by molar-refractivity contribution is 0.269. The van der Waals surface area contributed by atoms with Crippen LogP contribution in [0.15, 0.2) is 30.3 Å². The molecule has 2 rings (SSSR count). The van der Waals surface area contributed by atoms with Crippen molar-refractivity contribution in [2.24, 2.45) is 0 Å². The molecule has 0 amide bonds. The van der Waals surface area contributed by atoms with Crippen LogP contribution in [0.5, 0.6) is 5.75 Å². The highest BCUT2D eigenvalue weighted by Gasteiger charge is 2.14. The highest BCUT2D eigenvalue weighted by molar-refractivity contribution is 6.17. The minimum absolute atomic E-state index is 0.0348. The van der Waals surface area contributed by atoms with Gasteiger partial charge < -0.3 is 4.74 Å². The summed E-state index contributed by atoms with van der Waals surface area (Å²) in [5, 5.41) is 8.71. The first-order valence-corrected chi connectivity index (χ1v) is 6.44. The van der Waals surface area contributed by atoms with Crippen LogP contribution in [-0.2, 0) is 12.5 Å². The molecule has 21 heavy (non-hydrogen) atoms. The summed E-state index contributed by atoms with van der Waals surface area (Å²) in [7, 11) is 0. The SMILES string of the molecule is N#Cc1cccc(COc2c(F)cc(CCl)cc2F)c1F. The molecule has 0 spiro atoms. The van der Waals surface area contributed by atoms with Crippen LogP contribution in [0.3, 0.4) is 0 Å². The molecule has 0 N–H and O–H groups in total. The third kappa shape index (κ3) is 3.29. The van der Waals surface area contributed by atoms with Gasteiger partial charge in [0, 0.05) is 11.4 Å². The van der Waals surface area contributed by atoms with Gasteiger partial charge in [-0.15, -0.1) is 11.6 Å². The van der Waals surface area contributed by atoms with Crippen molar-refractivity contribution in [2.75, 3.05) is 0 Å². The lowest BCUT2D eigenvalue weighted by Gasteiger charge is -2.10. The molecule has 0 heterocycles. The molecule has 0 aromatic heterocycles. The molecule has 2 aromatic carbocycles. The molecule has 0 atom stereocenters. The van der Waals surface area contributed by atoms with E-state index >= 15 is 0 Å². The van der Waals surface area contributed by atoms with E-state index in [1.54, 1.807) is 6.07 Å². The Balaban J connectivity index is 2.23. The first kappa shape index (κ1) is 15.2. The van der Waals surface area contributed by atoms with E-state index in [0.717, 1.165) is 12.1 Å². The molecular formula is C15H9ClF3NO. The van der Waals surface area contributed by atoms with Crippen LogP contribution in [0, 0.1) is 28.8 Å². The lowest BCUT2D eigenvalue weighted by Crippen LogP contribution is -2.03. The van der Waals surface area contributed by atoms with Gasteiger partial charge in [0.25, 0.3) is 0 Å². The van der Waals surface area contributed by atoms with Crippen LogP contribution in [-0.4, -0.2) is 0 Å². The van der Waals surface area contributed by atoms with Gasteiger partial charge >= 0.3 is 0 Å². The molecule has 0 saturated carbocycles. The summed E-state index contributed by atoms with van der Waals surface area (Å²) in [5.74, 6) is -3.23. The molecule has 0 unspecified atom stereocenters. The van der Waals surface area contributed by atoms with Crippen LogP contribution >= 0.6 is 11.6 Å². The van der Waals surface area contributed by atoms with Gasteiger partial charge in [0.15, 0.2) is 17.4 Å². The molecule has 2 aromatic rings. The molecule has 0 aliphatic heterocycles. The standard InChI is InChI=1S/C15H9ClF3NO/c16-6-9-4-12(17)15(13(18)5-9)21-8-11-3-1-2-10(7-20)14(11)19/h1-5H,6,8H2. The van der Waals surface area contributed by atoms with Gasteiger partial charge in [-0.25, -0.2) is 13.2 Å². The maximum atomic E-state index is 13.8. The molecule has 0 saturated heterocycles. The third-order valence-corrected chi connectivity index (χ3v) is 3.09. The fraction of sp³-hybridized carbons (Fsp3) is 0.133. The van der Waals surface area contributed by atoms with Gasteiger partial charge in [0.05, 0.1) is 5.56 Å². The van der Waals surface area contributed by atoms with Crippen LogP contribution < -0.4 is 4.74 Å². The van der Waals surface area contributed by atoms with Gasteiger partial charge in [0.2, 0.25) is 0 Å². The maximum Gasteiger partial charge on any atom is 0.191 e. The normalized spacial score (nSPS) is 10.2. The number of hydrogen-bond donors (Lipinski definition) is 0. The fourth-order valence-corrected chi connectivity index (χ4v) is 1.91. The lowest BCUT2D eigenvalue weighted by atomic mass is 10.1. The Morgan fingerprint density at radius 2 is 1.81 bits per heavy atom. The topological polar surface area (TPSA) is 33.0 Å². The number of hydrogen-bond acceptors (Lipinski definition) is 2. The Kier molecular flexibility index (Phi) is 4.71. The molecular weight excluding hydrogens is 303 g/mol. The van der Waals surface area contributed by atoms with E-state index < -0.39 is 29.8 Å². The second kappa shape index (κ2) is 6.51. The largest absolute Gasteiger partial charge is 0.483 e. The van der Waals surface area contributed by atoms with E-state index in [2.05, 4.69) is 0 Å². The summed E-state index contributed by atoms with van der Waals surface area (Å²) in [4.78, 5) is 0. The zero-order valence-corrected chi connectivity index (χ0v) is 11.4. The zero-order valence-electron chi connectivity index (χ0n) is 10.7. The Morgan fingerprint density at radius 1 is 1.14 bits per heavy atom. The van der Waals surface area contributed by atoms with Crippen LogP contribution in [0.4, 0.5) is 13.2 Å². The highest BCUT2D eigenvalue weighted by atomic mass is 35.5. The van der Waals surface area contributed by atoms with Crippen molar-refractivity contribution in [3.63, 3.8) is 0 Å². The first-order chi connectivity index (χ1) is 10.1. The Hall–Kier alpha value is -2.19. The summed E-state index contributed by atoms with van der Waals surface area (Å²) >= 11 is 5.50. The van der Waals surface area contributed by atoms with Crippen LogP contribution in [0.1, 0.15) is 16.7 Å². The smallest absolute Gasteiger partial charge is 0.191 e. The van der Waals surface area contributed by atoms with Gasteiger partial charge in [-0.05, 0) is 23.8 Å². The van der Waals surface area contributed by atoms with E-state index in [9.17, 15) is 13.2 Å². The van der Waals surface area contributed by atoms with Crippen molar-refractivity contribution in [3.8, 4) is 11.8 Å². The maximum absolute atomic E-state index is 13.8. The molecule has 0 aliphatic carbocycles. The van der Waals surface area contributed by atoms with Gasteiger partial charge in [-0.2, -0.15) is 5.26 Å². The fourth-order valence-electron chi connectivity index (χ4n) is 1.75. The van der Waals surface area contributed by atoms with Crippen molar-refractivity contribution in [2.45, 2.75) is 12.5 Å². The van der Waals surface area contributed by atoms with E-state index in [1.807, 2.05) is 0 Å². The summed E-state index contributed by atoms with van der Waals surface area (Å²) in [6.07, 6.45) is 0. The summed E-state index contributed by atoms with van der Waals surface area (Å²) < 4.78 is 46.1. The second-order valence-corrected chi connectivity index (χ2v) is 4.47. The monoisotopic (exact) mass is 311 g/mol. The van der Waals surface area contributed by atoms with Gasteiger partial charge in [0.1, 0.15) is 18.5 Å². The third-order valence-electron chi connectivity index (χ3n) is 2.78. The first-order valence-electron chi connectivity index (χ1n) is 5.91. The quantitative estimate of drug-likeness (QED) is 0.789. The molecule has 0 bridgehead atoms. The van der Waals surface area contributed by atoms with Crippen molar-refractivity contribution in [1.82, 2.24) is 0 Å². The Bertz CT molecular complexity index is 690. The van der Waals surface area contributed by atoms with Gasteiger partial charge in [-0.3, -0.25) is 0 Å². The number of ether oxygens (including phenoxy) is 1. The predicted molar refractivity (Wildman–Crippen MR) is 71.4 cm³/mol. The number of nitrogens with zero attached hydrogens (tertiary/aromatic N) is 1. The van der Waals surface area contributed by atoms with E-state index in [1.165, 1.54) is 18.2 Å². The number of alkyl halides is 1. The van der Waals surface area contributed by atoms with Crippen molar-refractivity contribution in [1.29, 1.82) is 5.26 Å². The van der Waals surface area contributed by atoms with Crippen molar-refractivity contribution < 1.29 is 17.9 Å². The molecule has 108 valence electrons. The summed E-state index contributed by atoms with van der Waals surface area (Å²) in [6, 6.07) is 7.91. The Labute approximate surface area is 124 Å². The van der Waals surface area contributed by atoms with Crippen molar-refractivity contribution >= 4 is 11.6 Å². The zero-order chi connectivity index (χ0) is 15.4. The van der Waals surface area contributed by atoms with Crippen LogP contribution in [0.2, 0.25) is 0 Å². The van der Waals surface area contributed by atoms with Crippen LogP contribution in [0.25, 0.3) is 0 Å². The molecule has 6 heteroatoms. The molecule has 0 radical (unpaired) electrons. The predicted octanol–water partition coefficient (Wildman–Crippen LogP) is 4.29. The minimum Gasteiger partial charge on any atom is -0.483 e. The number of benzene rings is 2. The van der Waals surface area contributed by atoms with Gasteiger partial charge in [-0.1, -0.05) is 12.1 Å². The average molecular weight is 312 g/mol. The van der Waals surface area contributed by atoms with E-state index in [-0.39, 0.29) is 22.6 Å². The van der Waals surface area contributed by atoms with E-state index in [4.69, 9.17) is 21.6 Å². The Morgan fingerprint density at radius 3 is 2.38 bits per heavy atom. The second-order valence-electron chi connectivity index (χ2n) is 4.20. The molecule has 0 fully saturated rings. The summed E-state index contributed by atoms with van der Waals surface area (Å²) in [5.41, 5.74) is 0.153. The number of nitriles is 1. The number of halogens is 4. The molecule has 0 aliphatic rings. The minimum atomic E-state index is -0.914. The molecule has 2 nitrogen and oxygen atoms in total. The number of rotatable bonds is 4. The average Bonchev–Trinajstić information content (AvgIpc) is 2.47.